The van der Waals surface area contributed by atoms with Gasteiger partial charge in [0.05, 0.1) is 0 Å². The summed E-state index contributed by atoms with van der Waals surface area (Å²) in [5, 5.41) is 27.8. The van der Waals surface area contributed by atoms with Crippen LogP contribution in [0.25, 0.3) is 0 Å². The van der Waals surface area contributed by atoms with Gasteiger partial charge in [-0.15, -0.1) is 5.10 Å². The van der Waals surface area contributed by atoms with Crippen LogP contribution in [0.5, 0.6) is 11.6 Å². The fourth-order valence-electron chi connectivity index (χ4n) is 1.09. The van der Waals surface area contributed by atoms with Gasteiger partial charge >= 0.3 is 0 Å². The van der Waals surface area contributed by atoms with Crippen LogP contribution in [0.1, 0.15) is 12.0 Å². The second-order valence-electron chi connectivity index (χ2n) is 2.96. The first-order valence-electron chi connectivity index (χ1n) is 4.37. The number of hydrogen-bond donors (Lipinski definition) is 3. The zero-order valence-electron chi connectivity index (χ0n) is 7.96. The molecule has 84 valence electrons. The Balaban J connectivity index is 2.20. The van der Waals surface area contributed by atoms with Gasteiger partial charge in [-0.1, -0.05) is 16.8 Å². The molecule has 1 heterocycles. The summed E-state index contributed by atoms with van der Waals surface area (Å²) in [4.78, 5) is 0. The van der Waals surface area contributed by atoms with E-state index in [0.717, 1.165) is 0 Å². The Labute approximate surface area is 95.4 Å². The fraction of sp³-hybridized carbons (Fsp3) is 0.111. The normalized spacial score (nSPS) is 10.8. The van der Waals surface area contributed by atoms with E-state index in [9.17, 15) is 0 Å². The van der Waals surface area contributed by atoms with Crippen LogP contribution in [0.4, 0.5) is 0 Å². The van der Waals surface area contributed by atoms with Crippen molar-refractivity contribution in [2.45, 2.75) is 6.29 Å². The SMILES string of the molecule is OC(O)c1nn[nH]c1Oc1ccc(Cl)cc1. The molecule has 0 amide bonds. The van der Waals surface area contributed by atoms with Crippen LogP contribution < -0.4 is 4.74 Å². The van der Waals surface area contributed by atoms with Crippen LogP contribution in [0.2, 0.25) is 5.02 Å². The quantitative estimate of drug-likeness (QED) is 0.703. The zero-order valence-corrected chi connectivity index (χ0v) is 8.72. The summed E-state index contributed by atoms with van der Waals surface area (Å²) in [6, 6.07) is 6.57. The second-order valence-corrected chi connectivity index (χ2v) is 3.39. The molecule has 0 aliphatic rings. The van der Waals surface area contributed by atoms with E-state index >= 15 is 0 Å². The molecule has 0 atom stereocenters. The smallest absolute Gasteiger partial charge is 0.244 e. The molecule has 0 radical (unpaired) electrons. The first kappa shape index (κ1) is 10.9. The predicted octanol–water partition coefficient (Wildman–Crippen LogP) is 1.23. The molecule has 0 aliphatic heterocycles. The number of halogens is 1. The molecule has 2 rings (SSSR count). The molecule has 6 nitrogen and oxygen atoms in total. The molecule has 16 heavy (non-hydrogen) atoms. The van der Waals surface area contributed by atoms with Crippen LogP contribution in [0, 0.1) is 0 Å². The second kappa shape index (κ2) is 4.48. The van der Waals surface area contributed by atoms with E-state index in [1.54, 1.807) is 24.3 Å². The zero-order chi connectivity index (χ0) is 11.5. The van der Waals surface area contributed by atoms with Crippen molar-refractivity contribution in [3.8, 4) is 11.6 Å². The monoisotopic (exact) mass is 241 g/mol. The number of ether oxygens (including phenoxy) is 1. The molecule has 3 N–H and O–H groups in total. The third kappa shape index (κ3) is 2.30. The minimum atomic E-state index is -1.74. The van der Waals surface area contributed by atoms with E-state index in [2.05, 4.69) is 15.4 Å². The minimum absolute atomic E-state index is 0.0741. The fourth-order valence-corrected chi connectivity index (χ4v) is 1.22. The molecular formula is C9H8ClN3O3. The summed E-state index contributed by atoms with van der Waals surface area (Å²) < 4.78 is 5.31. The van der Waals surface area contributed by atoms with E-state index < -0.39 is 6.29 Å². The lowest BCUT2D eigenvalue weighted by Crippen LogP contribution is -1.98. The molecule has 0 saturated carbocycles. The Morgan fingerprint density at radius 3 is 2.56 bits per heavy atom. The van der Waals surface area contributed by atoms with Crippen molar-refractivity contribution >= 4 is 11.6 Å². The van der Waals surface area contributed by atoms with Gasteiger partial charge < -0.3 is 14.9 Å². The Morgan fingerprint density at radius 2 is 1.94 bits per heavy atom. The number of aromatic amines is 1. The van der Waals surface area contributed by atoms with Gasteiger partial charge in [-0.05, 0) is 24.3 Å². The van der Waals surface area contributed by atoms with E-state index in [-0.39, 0.29) is 11.6 Å². The summed E-state index contributed by atoms with van der Waals surface area (Å²) in [7, 11) is 0. The first-order valence-corrected chi connectivity index (χ1v) is 4.75. The lowest BCUT2D eigenvalue weighted by atomic mass is 10.3. The van der Waals surface area contributed by atoms with Crippen LogP contribution in [-0.2, 0) is 0 Å². The summed E-state index contributed by atoms with van der Waals surface area (Å²) in [5.74, 6) is 0.565. The van der Waals surface area contributed by atoms with Crippen LogP contribution in [-0.4, -0.2) is 25.6 Å². The van der Waals surface area contributed by atoms with Gasteiger partial charge in [-0.3, -0.25) is 0 Å². The maximum absolute atomic E-state index is 8.95. The highest BCUT2D eigenvalue weighted by atomic mass is 35.5. The number of aliphatic hydroxyl groups is 2. The predicted molar refractivity (Wildman–Crippen MR) is 55.1 cm³/mol. The van der Waals surface area contributed by atoms with Crippen molar-refractivity contribution in [1.29, 1.82) is 0 Å². The number of nitrogens with zero attached hydrogens (tertiary/aromatic N) is 2. The molecule has 0 unspecified atom stereocenters. The molecular weight excluding hydrogens is 234 g/mol. The van der Waals surface area contributed by atoms with Gasteiger partial charge in [0.2, 0.25) is 12.2 Å². The van der Waals surface area contributed by atoms with Crippen molar-refractivity contribution in [1.82, 2.24) is 15.4 Å². The molecule has 0 aliphatic carbocycles. The van der Waals surface area contributed by atoms with Gasteiger partial charge in [-0.2, -0.15) is 0 Å². The Kier molecular flexibility index (Phi) is 3.04. The topological polar surface area (TPSA) is 91.3 Å². The third-order valence-corrected chi connectivity index (χ3v) is 2.07. The van der Waals surface area contributed by atoms with Crippen molar-refractivity contribution in [3.05, 3.63) is 35.0 Å². The molecule has 0 saturated heterocycles. The van der Waals surface area contributed by atoms with Gasteiger partial charge in [0.15, 0.2) is 5.69 Å². The molecule has 1 aromatic carbocycles. The lowest BCUT2D eigenvalue weighted by molar-refractivity contribution is -0.0470. The molecule has 1 aromatic heterocycles. The number of nitrogens with one attached hydrogen (secondary N) is 1. The number of aliphatic hydroxyl groups excluding tert-OH is 1. The van der Waals surface area contributed by atoms with Crippen LogP contribution in [0.15, 0.2) is 24.3 Å². The Bertz CT molecular complexity index is 469. The molecule has 0 spiro atoms. The maximum atomic E-state index is 8.95. The van der Waals surface area contributed by atoms with E-state index in [0.29, 0.717) is 10.8 Å². The highest BCUT2D eigenvalue weighted by molar-refractivity contribution is 6.30. The summed E-state index contributed by atoms with van der Waals surface area (Å²) in [6.07, 6.45) is -1.74. The van der Waals surface area contributed by atoms with Crippen LogP contribution >= 0.6 is 11.6 Å². The van der Waals surface area contributed by atoms with E-state index in [1.807, 2.05) is 0 Å². The van der Waals surface area contributed by atoms with Gasteiger partial charge in [0.25, 0.3) is 0 Å². The summed E-state index contributed by atoms with van der Waals surface area (Å²) in [5.41, 5.74) is -0.0741. The molecule has 0 fully saturated rings. The Hall–Kier alpha value is -1.63. The summed E-state index contributed by atoms with van der Waals surface area (Å²) in [6.45, 7) is 0. The number of rotatable bonds is 3. The van der Waals surface area contributed by atoms with Crippen LogP contribution in [0.3, 0.4) is 0 Å². The van der Waals surface area contributed by atoms with Crippen molar-refractivity contribution in [3.63, 3.8) is 0 Å². The molecule has 7 heteroatoms. The van der Waals surface area contributed by atoms with Crippen molar-refractivity contribution in [2.75, 3.05) is 0 Å². The van der Waals surface area contributed by atoms with Crippen molar-refractivity contribution < 1.29 is 14.9 Å². The van der Waals surface area contributed by atoms with Crippen molar-refractivity contribution in [2.24, 2.45) is 0 Å². The Morgan fingerprint density at radius 1 is 1.25 bits per heavy atom. The molecule has 0 bridgehead atoms. The minimum Gasteiger partial charge on any atom is -0.437 e. The first-order chi connectivity index (χ1) is 7.66. The largest absolute Gasteiger partial charge is 0.437 e. The summed E-state index contributed by atoms with van der Waals surface area (Å²) >= 11 is 5.71. The van der Waals surface area contributed by atoms with Gasteiger partial charge in [0.1, 0.15) is 5.75 Å². The number of H-pyrrole nitrogens is 1. The number of benzene rings is 1. The maximum Gasteiger partial charge on any atom is 0.244 e. The highest BCUT2D eigenvalue weighted by Gasteiger charge is 2.15. The van der Waals surface area contributed by atoms with Gasteiger partial charge in [-0.25, -0.2) is 5.10 Å². The average Bonchev–Trinajstić information content (AvgIpc) is 2.69. The number of aromatic nitrogens is 3. The molecule has 2 aromatic rings. The van der Waals surface area contributed by atoms with Gasteiger partial charge in [0, 0.05) is 5.02 Å². The lowest BCUT2D eigenvalue weighted by Gasteiger charge is -2.05. The van der Waals surface area contributed by atoms with E-state index in [1.165, 1.54) is 0 Å². The average molecular weight is 242 g/mol. The third-order valence-electron chi connectivity index (χ3n) is 1.82. The number of hydrogen-bond acceptors (Lipinski definition) is 5. The highest BCUT2D eigenvalue weighted by Crippen LogP contribution is 2.25. The standard InChI is InChI=1S/C9H8ClN3O3/c10-5-1-3-6(4-2-5)16-8-7(9(14)15)11-13-12-8/h1-4,9,14-15H,(H,11,12,13). The van der Waals surface area contributed by atoms with E-state index in [4.69, 9.17) is 26.6 Å².